The van der Waals surface area contributed by atoms with Crippen molar-refractivity contribution < 1.29 is 9.59 Å². The highest BCUT2D eigenvalue weighted by Crippen LogP contribution is 2.23. The number of carbonyl (C=O) groups excluding carboxylic acids is 2. The average Bonchev–Trinajstić information content (AvgIpc) is 2.60. The molecule has 2 aromatic rings. The molecule has 0 spiro atoms. The molecule has 0 unspecified atom stereocenters. The number of nitrogens with zero attached hydrogens (tertiary/aromatic N) is 1. The number of nitrogens with two attached hydrogens (primary N) is 1. The standard InChI is InChI=1S/C19H20ClN3O3/c1-23(2)19(26)13-8-6-12(7-9-13)14(4-3-5-17(21)24)16-11-10-15(20)18(25)22-16/h4,6-11H,3,5H2,1-2H3,(H2,21,24)(H,22,25)/b14-4+. The number of aromatic nitrogens is 1. The summed E-state index contributed by atoms with van der Waals surface area (Å²) in [4.78, 5) is 39.1. The zero-order valence-electron chi connectivity index (χ0n) is 14.6. The second-order valence-electron chi connectivity index (χ2n) is 5.95. The first-order chi connectivity index (χ1) is 12.3. The Labute approximate surface area is 156 Å². The van der Waals surface area contributed by atoms with E-state index in [1.165, 1.54) is 11.0 Å². The monoisotopic (exact) mass is 373 g/mol. The molecular formula is C19H20ClN3O3. The van der Waals surface area contributed by atoms with Crippen LogP contribution in [-0.4, -0.2) is 35.8 Å². The number of amides is 2. The maximum absolute atomic E-state index is 12.0. The Hall–Kier alpha value is -2.86. The van der Waals surface area contributed by atoms with Crippen molar-refractivity contribution in [3.8, 4) is 0 Å². The predicted molar refractivity (Wildman–Crippen MR) is 102 cm³/mol. The fraction of sp³-hybridized carbons (Fsp3) is 0.211. The number of carbonyl (C=O) groups is 2. The number of H-pyrrole nitrogens is 1. The second kappa shape index (κ2) is 8.49. The molecule has 7 heteroatoms. The van der Waals surface area contributed by atoms with Gasteiger partial charge in [0.15, 0.2) is 0 Å². The molecule has 6 nitrogen and oxygen atoms in total. The van der Waals surface area contributed by atoms with Gasteiger partial charge in [0.25, 0.3) is 11.5 Å². The first kappa shape index (κ1) is 19.5. The molecule has 0 saturated carbocycles. The molecule has 0 atom stereocenters. The van der Waals surface area contributed by atoms with Gasteiger partial charge in [-0.1, -0.05) is 29.8 Å². The molecule has 1 aromatic heterocycles. The molecule has 0 aliphatic rings. The van der Waals surface area contributed by atoms with Gasteiger partial charge in [-0.2, -0.15) is 0 Å². The van der Waals surface area contributed by atoms with Crippen LogP contribution in [0.2, 0.25) is 5.02 Å². The third-order valence-electron chi connectivity index (χ3n) is 3.74. The van der Waals surface area contributed by atoms with Crippen molar-refractivity contribution in [3.63, 3.8) is 0 Å². The number of rotatable bonds is 6. The number of hydrogen-bond acceptors (Lipinski definition) is 3. The molecule has 3 N–H and O–H groups in total. The Balaban J connectivity index is 2.43. The van der Waals surface area contributed by atoms with Gasteiger partial charge < -0.3 is 15.6 Å². The first-order valence-electron chi connectivity index (χ1n) is 7.99. The smallest absolute Gasteiger partial charge is 0.267 e. The molecule has 0 radical (unpaired) electrons. The zero-order chi connectivity index (χ0) is 19.3. The van der Waals surface area contributed by atoms with Gasteiger partial charge >= 0.3 is 0 Å². The van der Waals surface area contributed by atoms with Gasteiger partial charge in [0, 0.05) is 37.3 Å². The van der Waals surface area contributed by atoms with Crippen molar-refractivity contribution in [3.05, 3.63) is 74.7 Å². The summed E-state index contributed by atoms with van der Waals surface area (Å²) in [5.41, 5.74) is 7.44. The molecule has 0 aliphatic carbocycles. The van der Waals surface area contributed by atoms with E-state index in [-0.39, 0.29) is 17.4 Å². The van der Waals surface area contributed by atoms with Crippen LogP contribution in [0.1, 0.15) is 34.5 Å². The van der Waals surface area contributed by atoms with Crippen molar-refractivity contribution >= 4 is 29.0 Å². The Morgan fingerprint density at radius 3 is 2.27 bits per heavy atom. The van der Waals surface area contributed by atoms with E-state index in [2.05, 4.69) is 4.98 Å². The number of benzene rings is 1. The number of aromatic amines is 1. The number of halogens is 1. The Morgan fingerprint density at radius 1 is 1.12 bits per heavy atom. The SMILES string of the molecule is CN(C)C(=O)c1ccc(/C(=C\CCC(N)=O)c2ccc(Cl)c(=O)[nH]2)cc1. The number of primary amides is 1. The molecule has 2 amide bonds. The maximum atomic E-state index is 12.0. The van der Waals surface area contributed by atoms with Crippen LogP contribution in [0, 0.1) is 0 Å². The Kier molecular flexibility index (Phi) is 6.36. The van der Waals surface area contributed by atoms with Gasteiger partial charge in [0.2, 0.25) is 5.91 Å². The largest absolute Gasteiger partial charge is 0.370 e. The fourth-order valence-corrected chi connectivity index (χ4v) is 2.52. The molecule has 136 valence electrons. The normalized spacial score (nSPS) is 11.3. The maximum Gasteiger partial charge on any atom is 0.267 e. The minimum absolute atomic E-state index is 0.0946. The van der Waals surface area contributed by atoms with Gasteiger partial charge in [-0.3, -0.25) is 14.4 Å². The number of nitrogens with one attached hydrogen (secondary N) is 1. The summed E-state index contributed by atoms with van der Waals surface area (Å²) in [6.45, 7) is 0. The van der Waals surface area contributed by atoms with Gasteiger partial charge in [-0.25, -0.2) is 0 Å². The summed E-state index contributed by atoms with van der Waals surface area (Å²) in [5, 5.41) is 0.0946. The number of hydrogen-bond donors (Lipinski definition) is 2. The van der Waals surface area contributed by atoms with Crippen LogP contribution >= 0.6 is 11.6 Å². The molecule has 0 bridgehead atoms. The lowest BCUT2D eigenvalue weighted by atomic mass is 9.99. The van der Waals surface area contributed by atoms with E-state index in [1.54, 1.807) is 44.4 Å². The number of allylic oxidation sites excluding steroid dienone is 1. The van der Waals surface area contributed by atoms with E-state index >= 15 is 0 Å². The molecule has 0 saturated heterocycles. The van der Waals surface area contributed by atoms with E-state index in [1.807, 2.05) is 6.08 Å². The van der Waals surface area contributed by atoms with Crippen LogP contribution in [0.3, 0.4) is 0 Å². The van der Waals surface area contributed by atoms with Crippen LogP contribution in [0.15, 0.2) is 47.3 Å². The van der Waals surface area contributed by atoms with Crippen LogP contribution < -0.4 is 11.3 Å². The third-order valence-corrected chi connectivity index (χ3v) is 4.04. The molecule has 1 heterocycles. The van der Waals surface area contributed by atoms with E-state index in [9.17, 15) is 14.4 Å². The van der Waals surface area contributed by atoms with Crippen LogP contribution in [0.5, 0.6) is 0 Å². The summed E-state index contributed by atoms with van der Waals surface area (Å²) in [5.74, 6) is -0.507. The molecule has 2 rings (SSSR count). The van der Waals surface area contributed by atoms with E-state index in [0.717, 1.165) is 11.1 Å². The Bertz CT molecular complexity index is 899. The lowest BCUT2D eigenvalue weighted by molar-refractivity contribution is -0.117. The van der Waals surface area contributed by atoms with Crippen molar-refractivity contribution in [1.29, 1.82) is 0 Å². The predicted octanol–water partition coefficient (Wildman–Crippen LogP) is 2.43. The average molecular weight is 374 g/mol. The van der Waals surface area contributed by atoms with Gasteiger partial charge in [0.1, 0.15) is 5.02 Å². The Morgan fingerprint density at radius 2 is 1.73 bits per heavy atom. The quantitative estimate of drug-likeness (QED) is 0.813. The lowest BCUT2D eigenvalue weighted by Crippen LogP contribution is -2.21. The first-order valence-corrected chi connectivity index (χ1v) is 8.37. The van der Waals surface area contributed by atoms with E-state index < -0.39 is 11.5 Å². The van der Waals surface area contributed by atoms with Gasteiger partial charge in [-0.15, -0.1) is 0 Å². The van der Waals surface area contributed by atoms with Gasteiger partial charge in [0.05, 0.1) is 0 Å². The highest BCUT2D eigenvalue weighted by atomic mass is 35.5. The van der Waals surface area contributed by atoms with E-state index in [4.69, 9.17) is 17.3 Å². The summed E-state index contributed by atoms with van der Waals surface area (Å²) in [7, 11) is 3.37. The summed E-state index contributed by atoms with van der Waals surface area (Å²) < 4.78 is 0. The third kappa shape index (κ3) is 4.83. The summed E-state index contributed by atoms with van der Waals surface area (Å²) >= 11 is 5.80. The fourth-order valence-electron chi connectivity index (χ4n) is 2.41. The van der Waals surface area contributed by atoms with Crippen LogP contribution in [0.25, 0.3) is 5.57 Å². The molecular weight excluding hydrogens is 354 g/mol. The molecule has 0 aliphatic heterocycles. The van der Waals surface area contributed by atoms with Crippen molar-refractivity contribution in [2.75, 3.05) is 14.1 Å². The molecule has 1 aromatic carbocycles. The van der Waals surface area contributed by atoms with Crippen molar-refractivity contribution in [2.24, 2.45) is 5.73 Å². The highest BCUT2D eigenvalue weighted by molar-refractivity contribution is 6.30. The summed E-state index contributed by atoms with van der Waals surface area (Å²) in [6.07, 6.45) is 2.44. The van der Waals surface area contributed by atoms with Crippen LogP contribution in [-0.2, 0) is 4.79 Å². The topological polar surface area (TPSA) is 96.3 Å². The van der Waals surface area contributed by atoms with E-state index in [0.29, 0.717) is 17.7 Å². The van der Waals surface area contributed by atoms with Crippen molar-refractivity contribution in [2.45, 2.75) is 12.8 Å². The second-order valence-corrected chi connectivity index (χ2v) is 6.36. The molecule has 0 fully saturated rings. The highest BCUT2D eigenvalue weighted by Gasteiger charge is 2.11. The zero-order valence-corrected chi connectivity index (χ0v) is 15.3. The van der Waals surface area contributed by atoms with Crippen LogP contribution in [0.4, 0.5) is 0 Å². The minimum Gasteiger partial charge on any atom is -0.370 e. The van der Waals surface area contributed by atoms with Crippen molar-refractivity contribution in [1.82, 2.24) is 9.88 Å². The molecule has 26 heavy (non-hydrogen) atoms. The number of pyridine rings is 1. The minimum atomic E-state index is -0.405. The van der Waals surface area contributed by atoms with Gasteiger partial charge in [-0.05, 0) is 36.2 Å². The lowest BCUT2D eigenvalue weighted by Gasteiger charge is -2.12. The summed E-state index contributed by atoms with van der Waals surface area (Å²) in [6, 6.07) is 10.2.